The molecule has 3 aromatic rings. The van der Waals surface area contributed by atoms with Gasteiger partial charge in [0.15, 0.2) is 11.0 Å². The predicted octanol–water partition coefficient (Wildman–Crippen LogP) is 4.02. The maximum absolute atomic E-state index is 12.8. The second-order valence-corrected chi connectivity index (χ2v) is 10.1. The number of halogens is 1. The Balaban J connectivity index is 1.69. The number of carbonyl (C=O) groups is 1. The van der Waals surface area contributed by atoms with Gasteiger partial charge in [-0.25, -0.2) is 13.4 Å². The number of rotatable bonds is 8. The number of sulfonamides is 1. The van der Waals surface area contributed by atoms with E-state index in [9.17, 15) is 18.5 Å². The van der Waals surface area contributed by atoms with E-state index in [0.717, 1.165) is 5.69 Å². The van der Waals surface area contributed by atoms with Crippen molar-refractivity contribution < 1.29 is 13.2 Å². The number of benzene rings is 1. The predicted molar refractivity (Wildman–Crippen MR) is 127 cm³/mol. The van der Waals surface area contributed by atoms with Crippen molar-refractivity contribution in [2.45, 2.75) is 35.4 Å². The molecule has 2 heterocycles. The van der Waals surface area contributed by atoms with Crippen molar-refractivity contribution in [1.29, 1.82) is 5.26 Å². The fraction of sp³-hybridized carbons (Fsp3) is 0.190. The van der Waals surface area contributed by atoms with E-state index < -0.39 is 15.3 Å². The highest BCUT2D eigenvalue weighted by atomic mass is 35.5. The summed E-state index contributed by atoms with van der Waals surface area (Å²) in [5, 5.41) is 19.5. The Bertz CT molecular complexity index is 1290. The number of nitrogens with zero attached hydrogens (tertiary/aromatic N) is 4. The number of hydrogen-bond donors (Lipinski definition) is 2. The molecular formula is C21H19ClN6O3S2. The van der Waals surface area contributed by atoms with Crippen LogP contribution in [0.15, 0.2) is 58.5 Å². The van der Waals surface area contributed by atoms with Crippen molar-refractivity contribution in [3.63, 3.8) is 0 Å². The summed E-state index contributed by atoms with van der Waals surface area (Å²) in [6.07, 6.45) is 0.509. The number of pyridine rings is 1. The average molecular weight is 503 g/mol. The second-order valence-electron chi connectivity index (χ2n) is 6.79. The zero-order valence-corrected chi connectivity index (χ0v) is 20.0. The second kappa shape index (κ2) is 10.6. The molecule has 170 valence electrons. The number of aromatic nitrogens is 3. The highest BCUT2D eigenvalue weighted by Gasteiger charge is 2.21. The third kappa shape index (κ3) is 6.41. The number of nitrogens with one attached hydrogen (secondary N) is 2. The fourth-order valence-electron chi connectivity index (χ4n) is 2.67. The number of hydrogen-bond acceptors (Lipinski definition) is 8. The lowest BCUT2D eigenvalue weighted by atomic mass is 10.2. The SMILES string of the molecule is CCC(Sc1nc(C)ccc1C#N)C(=O)Nc1ccc(S(=O)(=O)Nc2ccc(Cl)nn2)cc1. The van der Waals surface area contributed by atoms with Crippen LogP contribution >= 0.6 is 23.4 Å². The molecule has 2 aromatic heterocycles. The number of carbonyl (C=O) groups excluding carboxylic acids is 1. The fourth-order valence-corrected chi connectivity index (χ4v) is 4.81. The van der Waals surface area contributed by atoms with Crippen LogP contribution in [0.25, 0.3) is 0 Å². The van der Waals surface area contributed by atoms with Crippen molar-refractivity contribution in [2.75, 3.05) is 10.0 Å². The topological polar surface area (TPSA) is 138 Å². The number of amides is 1. The van der Waals surface area contributed by atoms with Crippen molar-refractivity contribution in [1.82, 2.24) is 15.2 Å². The molecule has 0 bridgehead atoms. The van der Waals surface area contributed by atoms with Crippen LogP contribution in [0.5, 0.6) is 0 Å². The van der Waals surface area contributed by atoms with Gasteiger partial charge in [-0.3, -0.25) is 9.52 Å². The number of thioether (sulfide) groups is 1. The monoisotopic (exact) mass is 502 g/mol. The Morgan fingerprint density at radius 2 is 1.88 bits per heavy atom. The summed E-state index contributed by atoms with van der Waals surface area (Å²) in [6, 6.07) is 14.0. The van der Waals surface area contributed by atoms with Gasteiger partial charge in [-0.05, 0) is 61.9 Å². The lowest BCUT2D eigenvalue weighted by Gasteiger charge is -2.15. The summed E-state index contributed by atoms with van der Waals surface area (Å²) in [4.78, 5) is 17.1. The van der Waals surface area contributed by atoms with Gasteiger partial charge in [0.05, 0.1) is 15.7 Å². The molecule has 1 aromatic carbocycles. The minimum Gasteiger partial charge on any atom is -0.325 e. The lowest BCUT2D eigenvalue weighted by Crippen LogP contribution is -2.25. The molecule has 2 N–H and O–H groups in total. The van der Waals surface area contributed by atoms with Gasteiger partial charge in [-0.1, -0.05) is 30.3 Å². The van der Waals surface area contributed by atoms with Gasteiger partial charge in [0, 0.05) is 11.4 Å². The molecule has 0 spiro atoms. The molecule has 12 heteroatoms. The third-order valence-electron chi connectivity index (χ3n) is 4.34. The van der Waals surface area contributed by atoms with Crippen molar-refractivity contribution in [2.24, 2.45) is 0 Å². The Morgan fingerprint density at radius 1 is 1.15 bits per heavy atom. The van der Waals surface area contributed by atoms with E-state index >= 15 is 0 Å². The molecular weight excluding hydrogens is 484 g/mol. The Hall–Kier alpha value is -3.20. The van der Waals surface area contributed by atoms with Crippen LogP contribution in [0.4, 0.5) is 11.5 Å². The smallest absolute Gasteiger partial charge is 0.263 e. The molecule has 0 aliphatic heterocycles. The van der Waals surface area contributed by atoms with Gasteiger partial charge in [0.1, 0.15) is 11.1 Å². The molecule has 1 amide bonds. The highest BCUT2D eigenvalue weighted by molar-refractivity contribution is 8.00. The molecule has 0 aliphatic rings. The maximum atomic E-state index is 12.8. The van der Waals surface area contributed by atoms with Gasteiger partial charge < -0.3 is 5.32 Å². The summed E-state index contributed by atoms with van der Waals surface area (Å²) in [7, 11) is -3.90. The van der Waals surface area contributed by atoms with Crippen LogP contribution in [0, 0.1) is 18.3 Å². The number of anilines is 2. The van der Waals surface area contributed by atoms with Crippen molar-refractivity contribution in [3.05, 3.63) is 64.9 Å². The van der Waals surface area contributed by atoms with Crippen LogP contribution in [-0.4, -0.2) is 34.8 Å². The van der Waals surface area contributed by atoms with Crippen LogP contribution in [0.3, 0.4) is 0 Å². The Kier molecular flexibility index (Phi) is 7.86. The first-order chi connectivity index (χ1) is 15.7. The van der Waals surface area contributed by atoms with E-state index in [1.165, 1.54) is 48.2 Å². The molecule has 0 saturated carbocycles. The summed E-state index contributed by atoms with van der Waals surface area (Å²) in [5.41, 5.74) is 1.59. The molecule has 3 rings (SSSR count). The number of nitriles is 1. The van der Waals surface area contributed by atoms with E-state index in [-0.39, 0.29) is 21.8 Å². The van der Waals surface area contributed by atoms with E-state index in [2.05, 4.69) is 31.3 Å². The molecule has 9 nitrogen and oxygen atoms in total. The quantitative estimate of drug-likeness (QED) is 0.440. The molecule has 1 atom stereocenters. The molecule has 0 radical (unpaired) electrons. The zero-order valence-electron chi connectivity index (χ0n) is 17.6. The summed E-state index contributed by atoms with van der Waals surface area (Å²) >= 11 is 6.87. The normalized spacial score (nSPS) is 11.9. The van der Waals surface area contributed by atoms with Crippen molar-refractivity contribution >= 4 is 50.8 Å². The van der Waals surface area contributed by atoms with E-state index in [4.69, 9.17) is 11.6 Å². The van der Waals surface area contributed by atoms with Gasteiger partial charge in [0.2, 0.25) is 5.91 Å². The van der Waals surface area contributed by atoms with Gasteiger partial charge in [-0.15, -0.1) is 10.2 Å². The lowest BCUT2D eigenvalue weighted by molar-refractivity contribution is -0.115. The van der Waals surface area contributed by atoms with E-state index in [1.807, 2.05) is 13.8 Å². The minimum absolute atomic E-state index is 0.0127. The first-order valence-corrected chi connectivity index (χ1v) is 12.4. The zero-order chi connectivity index (χ0) is 24.0. The largest absolute Gasteiger partial charge is 0.325 e. The molecule has 0 aliphatic carbocycles. The Morgan fingerprint density at radius 3 is 2.48 bits per heavy atom. The average Bonchev–Trinajstić information content (AvgIpc) is 2.79. The van der Waals surface area contributed by atoms with E-state index in [0.29, 0.717) is 22.7 Å². The summed E-state index contributed by atoms with van der Waals surface area (Å²) < 4.78 is 27.4. The van der Waals surface area contributed by atoms with Crippen molar-refractivity contribution in [3.8, 4) is 6.07 Å². The Labute approximate surface area is 200 Å². The molecule has 0 fully saturated rings. The highest BCUT2D eigenvalue weighted by Crippen LogP contribution is 2.28. The minimum atomic E-state index is -3.90. The molecule has 0 saturated heterocycles. The first-order valence-electron chi connectivity index (χ1n) is 9.69. The molecule has 33 heavy (non-hydrogen) atoms. The number of aryl methyl sites for hydroxylation is 1. The summed E-state index contributed by atoms with van der Waals surface area (Å²) in [6.45, 7) is 3.68. The van der Waals surface area contributed by atoms with Crippen LogP contribution < -0.4 is 10.0 Å². The van der Waals surface area contributed by atoms with Gasteiger partial charge >= 0.3 is 0 Å². The van der Waals surface area contributed by atoms with E-state index in [1.54, 1.807) is 12.1 Å². The van der Waals surface area contributed by atoms with Crippen LogP contribution in [-0.2, 0) is 14.8 Å². The standard InChI is InChI=1S/C21H19ClN6O3S2/c1-3-17(32-21-14(12-23)5-4-13(2)24-21)20(29)25-15-6-8-16(9-7-15)33(30,31)28-19-11-10-18(22)26-27-19/h4-11,17H,3H2,1-2H3,(H,25,29)(H,27,28). The van der Waals surface area contributed by atoms with Crippen LogP contribution in [0.1, 0.15) is 24.6 Å². The molecule has 1 unspecified atom stereocenters. The third-order valence-corrected chi connectivity index (χ3v) is 7.28. The maximum Gasteiger partial charge on any atom is 0.263 e. The van der Waals surface area contributed by atoms with Gasteiger partial charge in [-0.2, -0.15) is 5.26 Å². The first kappa shape index (κ1) is 24.4. The van der Waals surface area contributed by atoms with Crippen LogP contribution in [0.2, 0.25) is 5.15 Å². The summed E-state index contributed by atoms with van der Waals surface area (Å²) in [5.74, 6) is -0.249. The van der Waals surface area contributed by atoms with Gasteiger partial charge in [0.25, 0.3) is 10.0 Å².